The molecule has 1 aliphatic rings. The van der Waals surface area contributed by atoms with Crippen LogP contribution in [0.3, 0.4) is 0 Å². The summed E-state index contributed by atoms with van der Waals surface area (Å²) in [7, 11) is 2.87. The first kappa shape index (κ1) is 19.9. The van der Waals surface area contributed by atoms with Crippen LogP contribution in [0.15, 0.2) is 28.6 Å². The highest BCUT2D eigenvalue weighted by Gasteiger charge is 2.37. The predicted octanol–water partition coefficient (Wildman–Crippen LogP) is 1.14. The third-order valence-electron chi connectivity index (χ3n) is 4.88. The lowest BCUT2D eigenvalue weighted by molar-refractivity contribution is -0.174. The Labute approximate surface area is 172 Å². The quantitative estimate of drug-likeness (QED) is 0.595. The van der Waals surface area contributed by atoms with Gasteiger partial charge in [-0.3, -0.25) is 19.0 Å². The van der Waals surface area contributed by atoms with Crippen LogP contribution in [0.4, 0.5) is 10.2 Å². The molecular weight excluding hydrogens is 417 g/mol. The van der Waals surface area contributed by atoms with Gasteiger partial charge in [-0.05, 0) is 6.07 Å². The Bertz CT molecular complexity index is 1210. The van der Waals surface area contributed by atoms with E-state index in [-0.39, 0.29) is 41.8 Å². The van der Waals surface area contributed by atoms with Crippen molar-refractivity contribution in [2.24, 2.45) is 5.92 Å². The van der Waals surface area contributed by atoms with Crippen molar-refractivity contribution in [2.45, 2.75) is 0 Å². The molecule has 0 saturated carbocycles. The summed E-state index contributed by atoms with van der Waals surface area (Å²) < 4.78 is 16.2. The number of hydrogen-bond acceptors (Lipinski definition) is 8. The molecule has 0 aliphatic carbocycles. The van der Waals surface area contributed by atoms with Gasteiger partial charge in [-0.2, -0.15) is 0 Å². The molecule has 1 aliphatic heterocycles. The Hall–Kier alpha value is -3.38. The van der Waals surface area contributed by atoms with Gasteiger partial charge in [0, 0.05) is 37.9 Å². The largest absolute Gasteiger partial charge is 0.477 e. The molecule has 0 atom stereocenters. The fourth-order valence-corrected chi connectivity index (χ4v) is 3.84. The lowest BCUT2D eigenvalue weighted by Crippen LogP contribution is -2.54. The maximum atomic E-state index is 14.8. The first-order valence-corrected chi connectivity index (χ1v) is 9.65. The van der Waals surface area contributed by atoms with Crippen molar-refractivity contribution in [1.82, 2.24) is 19.6 Å². The number of rotatable bonds is 5. The van der Waals surface area contributed by atoms with Crippen LogP contribution >= 0.6 is 11.3 Å². The predicted molar refractivity (Wildman–Crippen MR) is 105 cm³/mol. The van der Waals surface area contributed by atoms with Crippen molar-refractivity contribution in [3.05, 3.63) is 45.4 Å². The summed E-state index contributed by atoms with van der Waals surface area (Å²) in [6.45, 7) is 0.466. The summed E-state index contributed by atoms with van der Waals surface area (Å²) in [4.78, 5) is 51.1. The molecule has 4 heterocycles. The summed E-state index contributed by atoms with van der Waals surface area (Å²) in [5, 5.41) is 12.4. The number of halogens is 1. The summed E-state index contributed by atoms with van der Waals surface area (Å²) >= 11 is 1.21. The van der Waals surface area contributed by atoms with Crippen molar-refractivity contribution in [3.63, 3.8) is 0 Å². The SMILES string of the molecule is CON(C)C(=O)C1CN(c2nc3c(cc2F)c(=O)c(C(=O)O)cn3-c2nccs2)C1. The first-order valence-electron chi connectivity index (χ1n) is 8.77. The molecular formula is C18H16FN5O5S. The molecule has 1 N–H and O–H groups in total. The van der Waals surface area contributed by atoms with E-state index in [0.29, 0.717) is 5.13 Å². The summed E-state index contributed by atoms with van der Waals surface area (Å²) in [6, 6.07) is 0.979. The minimum Gasteiger partial charge on any atom is -0.477 e. The second kappa shape index (κ2) is 7.46. The van der Waals surface area contributed by atoms with Crippen molar-refractivity contribution in [1.29, 1.82) is 0 Å². The number of thiazole rings is 1. The van der Waals surface area contributed by atoms with Crippen LogP contribution < -0.4 is 10.3 Å². The topological polar surface area (TPSA) is 118 Å². The Kier molecular flexibility index (Phi) is 4.95. The number of carboxylic acid groups (broad SMARTS) is 1. The maximum absolute atomic E-state index is 14.8. The first-order chi connectivity index (χ1) is 14.3. The average molecular weight is 433 g/mol. The molecule has 156 valence electrons. The Morgan fingerprint density at radius 2 is 2.13 bits per heavy atom. The van der Waals surface area contributed by atoms with E-state index in [9.17, 15) is 23.9 Å². The molecule has 0 unspecified atom stereocenters. The summed E-state index contributed by atoms with van der Waals surface area (Å²) in [5.74, 6) is -2.84. The van der Waals surface area contributed by atoms with Gasteiger partial charge in [0.05, 0.1) is 18.4 Å². The molecule has 1 saturated heterocycles. The monoisotopic (exact) mass is 433 g/mol. The molecule has 0 aromatic carbocycles. The van der Waals surface area contributed by atoms with Crippen molar-refractivity contribution in [3.8, 4) is 5.13 Å². The number of carbonyl (C=O) groups is 2. The van der Waals surface area contributed by atoms with Gasteiger partial charge in [0.2, 0.25) is 5.43 Å². The molecule has 10 nitrogen and oxygen atoms in total. The molecule has 12 heteroatoms. The molecule has 3 aromatic rings. The maximum Gasteiger partial charge on any atom is 0.341 e. The van der Waals surface area contributed by atoms with E-state index in [1.54, 1.807) is 10.3 Å². The number of aromatic carboxylic acids is 1. The number of carboxylic acids is 1. The number of amides is 1. The van der Waals surface area contributed by atoms with Crippen LogP contribution in [0, 0.1) is 11.7 Å². The normalized spacial score (nSPS) is 14.0. The van der Waals surface area contributed by atoms with E-state index < -0.39 is 22.8 Å². The number of pyridine rings is 2. The van der Waals surface area contributed by atoms with Crippen LogP contribution in [0.2, 0.25) is 0 Å². The van der Waals surface area contributed by atoms with E-state index >= 15 is 0 Å². The fraction of sp³-hybridized carbons (Fsp3) is 0.278. The minimum absolute atomic E-state index is 0.0283. The van der Waals surface area contributed by atoms with Gasteiger partial charge in [0.25, 0.3) is 5.91 Å². The number of hydrogen-bond donors (Lipinski definition) is 1. The second-order valence-corrected chi connectivity index (χ2v) is 7.52. The standard InChI is InChI=1S/C18H16FN5O5S/c1-22(29-2)16(26)9-6-23(7-9)15-12(19)5-10-13(25)11(17(27)28)8-24(14(10)21-15)18-20-3-4-30-18/h3-5,8-9H,6-7H2,1-2H3,(H,27,28). The van der Waals surface area contributed by atoms with E-state index in [1.807, 2.05) is 0 Å². The van der Waals surface area contributed by atoms with Crippen molar-refractivity contribution < 1.29 is 23.9 Å². The van der Waals surface area contributed by atoms with E-state index in [4.69, 9.17) is 4.84 Å². The highest BCUT2D eigenvalue weighted by molar-refractivity contribution is 7.12. The van der Waals surface area contributed by atoms with Crippen molar-refractivity contribution >= 4 is 40.1 Å². The van der Waals surface area contributed by atoms with Gasteiger partial charge in [-0.25, -0.2) is 24.2 Å². The van der Waals surface area contributed by atoms with E-state index in [1.165, 1.54) is 36.3 Å². The number of nitrogens with zero attached hydrogens (tertiary/aromatic N) is 5. The van der Waals surface area contributed by atoms with Gasteiger partial charge in [0.1, 0.15) is 5.56 Å². The smallest absolute Gasteiger partial charge is 0.341 e. The Morgan fingerprint density at radius 1 is 1.40 bits per heavy atom. The third kappa shape index (κ3) is 3.19. The zero-order valence-electron chi connectivity index (χ0n) is 15.9. The zero-order valence-corrected chi connectivity index (χ0v) is 16.7. The van der Waals surface area contributed by atoms with E-state index in [2.05, 4.69) is 9.97 Å². The van der Waals surface area contributed by atoms with E-state index in [0.717, 1.165) is 17.3 Å². The molecule has 30 heavy (non-hydrogen) atoms. The number of aromatic nitrogens is 3. The van der Waals surface area contributed by atoms with Crippen LogP contribution in [0.5, 0.6) is 0 Å². The Balaban J connectivity index is 1.79. The molecule has 3 aromatic heterocycles. The summed E-state index contributed by atoms with van der Waals surface area (Å²) in [6.07, 6.45) is 2.66. The van der Waals surface area contributed by atoms with Gasteiger partial charge < -0.3 is 10.0 Å². The Morgan fingerprint density at radius 3 is 2.73 bits per heavy atom. The number of anilines is 1. The molecule has 1 amide bonds. The highest BCUT2D eigenvalue weighted by Crippen LogP contribution is 2.29. The summed E-state index contributed by atoms with van der Waals surface area (Å²) in [5.41, 5.74) is -1.26. The van der Waals surface area contributed by atoms with Crippen molar-refractivity contribution in [2.75, 3.05) is 32.1 Å². The lowest BCUT2D eigenvalue weighted by Gasteiger charge is -2.40. The molecule has 4 rings (SSSR count). The van der Waals surface area contributed by atoms with Gasteiger partial charge >= 0.3 is 5.97 Å². The molecule has 0 radical (unpaired) electrons. The van der Waals surface area contributed by atoms with Crippen LogP contribution in [0.25, 0.3) is 16.2 Å². The average Bonchev–Trinajstić information content (AvgIpc) is 3.21. The van der Waals surface area contributed by atoms with Crippen LogP contribution in [-0.4, -0.2) is 63.8 Å². The molecule has 0 bridgehead atoms. The van der Waals surface area contributed by atoms with Crippen LogP contribution in [0.1, 0.15) is 10.4 Å². The number of fused-ring (bicyclic) bond motifs is 1. The fourth-order valence-electron chi connectivity index (χ4n) is 3.22. The highest BCUT2D eigenvalue weighted by atomic mass is 32.1. The van der Waals surface area contributed by atoms with Gasteiger partial charge in [-0.1, -0.05) is 0 Å². The molecule has 1 fully saturated rings. The molecule has 0 spiro atoms. The van der Waals surface area contributed by atoms with Crippen LogP contribution in [-0.2, 0) is 9.63 Å². The minimum atomic E-state index is -1.43. The van der Waals surface area contributed by atoms with Gasteiger partial charge in [-0.15, -0.1) is 11.3 Å². The lowest BCUT2D eigenvalue weighted by atomic mass is 9.99. The zero-order chi connectivity index (χ0) is 21.6. The number of carbonyl (C=O) groups excluding carboxylic acids is 1. The second-order valence-electron chi connectivity index (χ2n) is 6.65. The third-order valence-corrected chi connectivity index (χ3v) is 5.65. The van der Waals surface area contributed by atoms with Gasteiger partial charge in [0.15, 0.2) is 22.4 Å². The number of hydroxylamine groups is 2.